The molecular formula is C17H15N. The first-order valence-corrected chi connectivity index (χ1v) is 6.08. The highest BCUT2D eigenvalue weighted by Crippen LogP contribution is 2.10. The summed E-state index contributed by atoms with van der Waals surface area (Å²) in [5, 5.41) is 0. The van der Waals surface area contributed by atoms with E-state index in [0.717, 1.165) is 23.4 Å². The van der Waals surface area contributed by atoms with Gasteiger partial charge in [0.15, 0.2) is 0 Å². The molecule has 0 unspecified atom stereocenters. The highest BCUT2D eigenvalue weighted by Gasteiger charge is 1.92. The van der Waals surface area contributed by atoms with Crippen molar-refractivity contribution in [2.45, 2.75) is 13.3 Å². The molecule has 0 saturated carbocycles. The van der Waals surface area contributed by atoms with Crippen molar-refractivity contribution < 1.29 is 0 Å². The van der Waals surface area contributed by atoms with Crippen molar-refractivity contribution in [1.82, 2.24) is 0 Å². The molecule has 0 N–H and O–H groups in total. The SMILES string of the molecule is CCC(C#Cc1ccccc1)=Nc1ccccc1. The van der Waals surface area contributed by atoms with Gasteiger partial charge in [-0.1, -0.05) is 49.2 Å². The Morgan fingerprint density at radius 1 is 0.944 bits per heavy atom. The van der Waals surface area contributed by atoms with Crippen LogP contribution in [0.4, 0.5) is 5.69 Å². The van der Waals surface area contributed by atoms with Gasteiger partial charge in [0.1, 0.15) is 0 Å². The van der Waals surface area contributed by atoms with Crippen LogP contribution in [-0.4, -0.2) is 5.71 Å². The van der Waals surface area contributed by atoms with Crippen molar-refractivity contribution in [3.63, 3.8) is 0 Å². The van der Waals surface area contributed by atoms with E-state index in [-0.39, 0.29) is 0 Å². The van der Waals surface area contributed by atoms with Crippen molar-refractivity contribution in [2.24, 2.45) is 4.99 Å². The first-order chi connectivity index (χ1) is 8.88. The molecule has 0 radical (unpaired) electrons. The van der Waals surface area contributed by atoms with E-state index >= 15 is 0 Å². The van der Waals surface area contributed by atoms with Gasteiger partial charge in [0.2, 0.25) is 0 Å². The fraction of sp³-hybridized carbons (Fsp3) is 0.118. The number of aliphatic imine (C=N–C) groups is 1. The van der Waals surface area contributed by atoms with E-state index in [1.807, 2.05) is 60.7 Å². The molecule has 0 amide bonds. The lowest BCUT2D eigenvalue weighted by atomic mass is 10.2. The standard InChI is InChI=1S/C17H15N/c1-2-16(18-17-11-7-4-8-12-17)14-13-15-9-5-3-6-10-15/h3-12H,2H2,1H3. The zero-order valence-corrected chi connectivity index (χ0v) is 10.4. The van der Waals surface area contributed by atoms with Crippen LogP contribution < -0.4 is 0 Å². The van der Waals surface area contributed by atoms with Crippen molar-refractivity contribution in [1.29, 1.82) is 0 Å². The molecule has 88 valence electrons. The van der Waals surface area contributed by atoms with Crippen molar-refractivity contribution in [3.8, 4) is 11.8 Å². The molecule has 0 bridgehead atoms. The Balaban J connectivity index is 2.21. The number of hydrogen-bond donors (Lipinski definition) is 0. The number of hydrogen-bond acceptors (Lipinski definition) is 1. The van der Waals surface area contributed by atoms with Crippen molar-refractivity contribution in [2.75, 3.05) is 0 Å². The maximum absolute atomic E-state index is 4.54. The Hall–Kier alpha value is -2.33. The maximum atomic E-state index is 4.54. The lowest BCUT2D eigenvalue weighted by Gasteiger charge is -1.95. The summed E-state index contributed by atoms with van der Waals surface area (Å²) in [4.78, 5) is 4.54. The molecule has 2 aromatic carbocycles. The summed E-state index contributed by atoms with van der Waals surface area (Å²) in [5.41, 5.74) is 2.88. The Labute approximate surface area is 108 Å². The first kappa shape index (κ1) is 12.1. The number of rotatable bonds is 2. The fourth-order valence-electron chi connectivity index (χ4n) is 1.52. The molecule has 0 fully saturated rings. The quantitative estimate of drug-likeness (QED) is 0.544. The number of nitrogens with zero attached hydrogens (tertiary/aromatic N) is 1. The molecule has 18 heavy (non-hydrogen) atoms. The predicted molar refractivity (Wildman–Crippen MR) is 77.1 cm³/mol. The van der Waals surface area contributed by atoms with Crippen LogP contribution >= 0.6 is 0 Å². The van der Waals surface area contributed by atoms with E-state index in [4.69, 9.17) is 0 Å². The molecule has 0 aliphatic rings. The minimum absolute atomic E-state index is 0.842. The summed E-state index contributed by atoms with van der Waals surface area (Å²) in [6.45, 7) is 2.07. The second-order valence-electron chi connectivity index (χ2n) is 3.86. The molecule has 0 atom stereocenters. The third kappa shape index (κ3) is 3.61. The lowest BCUT2D eigenvalue weighted by Crippen LogP contribution is -1.90. The summed E-state index contributed by atoms with van der Waals surface area (Å²) in [6, 6.07) is 19.9. The second kappa shape index (κ2) is 6.42. The fourth-order valence-corrected chi connectivity index (χ4v) is 1.52. The van der Waals surface area contributed by atoms with Crippen LogP contribution in [0.3, 0.4) is 0 Å². The number of benzene rings is 2. The third-order valence-electron chi connectivity index (χ3n) is 2.48. The van der Waals surface area contributed by atoms with Crippen LogP contribution in [-0.2, 0) is 0 Å². The van der Waals surface area contributed by atoms with Gasteiger partial charge in [-0.15, -0.1) is 0 Å². The topological polar surface area (TPSA) is 12.4 Å². The zero-order chi connectivity index (χ0) is 12.6. The van der Waals surface area contributed by atoms with E-state index in [1.165, 1.54) is 0 Å². The predicted octanol–water partition coefficient (Wildman–Crippen LogP) is 4.22. The van der Waals surface area contributed by atoms with Gasteiger partial charge in [0, 0.05) is 5.56 Å². The molecule has 0 aliphatic carbocycles. The van der Waals surface area contributed by atoms with Gasteiger partial charge >= 0.3 is 0 Å². The van der Waals surface area contributed by atoms with Gasteiger partial charge in [-0.3, -0.25) is 0 Å². The van der Waals surface area contributed by atoms with Gasteiger partial charge < -0.3 is 0 Å². The Morgan fingerprint density at radius 2 is 1.56 bits per heavy atom. The summed E-state index contributed by atoms with van der Waals surface area (Å²) in [6.07, 6.45) is 0.842. The van der Waals surface area contributed by atoms with Crippen LogP contribution in [0.25, 0.3) is 0 Å². The third-order valence-corrected chi connectivity index (χ3v) is 2.48. The minimum Gasteiger partial charge on any atom is -0.244 e. The lowest BCUT2D eigenvalue weighted by molar-refractivity contribution is 1.29. The largest absolute Gasteiger partial charge is 0.244 e. The molecule has 0 aliphatic heterocycles. The summed E-state index contributed by atoms with van der Waals surface area (Å²) in [7, 11) is 0. The van der Waals surface area contributed by atoms with Gasteiger partial charge in [-0.2, -0.15) is 0 Å². The van der Waals surface area contributed by atoms with E-state index in [9.17, 15) is 0 Å². The first-order valence-electron chi connectivity index (χ1n) is 6.08. The Kier molecular flexibility index (Phi) is 4.33. The average Bonchev–Trinajstić information content (AvgIpc) is 2.45. The molecular weight excluding hydrogens is 218 g/mol. The second-order valence-corrected chi connectivity index (χ2v) is 3.86. The molecule has 0 aromatic heterocycles. The van der Waals surface area contributed by atoms with E-state index in [2.05, 4.69) is 23.8 Å². The van der Waals surface area contributed by atoms with E-state index in [1.54, 1.807) is 0 Å². The van der Waals surface area contributed by atoms with Gasteiger partial charge in [-0.25, -0.2) is 4.99 Å². The Morgan fingerprint density at radius 3 is 2.17 bits per heavy atom. The summed E-state index contributed by atoms with van der Waals surface area (Å²) >= 11 is 0. The van der Waals surface area contributed by atoms with E-state index < -0.39 is 0 Å². The van der Waals surface area contributed by atoms with Crippen LogP contribution in [0.5, 0.6) is 0 Å². The van der Waals surface area contributed by atoms with Crippen LogP contribution in [0, 0.1) is 11.8 Å². The molecule has 0 saturated heterocycles. The monoisotopic (exact) mass is 233 g/mol. The van der Waals surface area contributed by atoms with Gasteiger partial charge in [0.25, 0.3) is 0 Å². The zero-order valence-electron chi connectivity index (χ0n) is 10.4. The smallest absolute Gasteiger partial charge is 0.0907 e. The molecule has 1 heteroatoms. The minimum atomic E-state index is 0.842. The van der Waals surface area contributed by atoms with Crippen LogP contribution in [0.15, 0.2) is 65.7 Å². The van der Waals surface area contributed by atoms with Crippen molar-refractivity contribution in [3.05, 3.63) is 66.2 Å². The van der Waals surface area contributed by atoms with Gasteiger partial charge in [-0.05, 0) is 36.6 Å². The highest BCUT2D eigenvalue weighted by molar-refractivity contribution is 6.02. The van der Waals surface area contributed by atoms with Crippen LogP contribution in [0.2, 0.25) is 0 Å². The Bertz CT molecular complexity index is 571. The molecule has 0 heterocycles. The molecule has 2 rings (SSSR count). The average molecular weight is 233 g/mol. The summed E-state index contributed by atoms with van der Waals surface area (Å²) in [5.74, 6) is 6.27. The van der Waals surface area contributed by atoms with E-state index in [0.29, 0.717) is 0 Å². The highest BCUT2D eigenvalue weighted by atomic mass is 14.7. The molecule has 0 spiro atoms. The molecule has 1 nitrogen and oxygen atoms in total. The van der Waals surface area contributed by atoms with Crippen LogP contribution in [0.1, 0.15) is 18.9 Å². The van der Waals surface area contributed by atoms with Crippen molar-refractivity contribution >= 4 is 11.4 Å². The normalized spacial score (nSPS) is 10.6. The number of para-hydroxylation sites is 1. The summed E-state index contributed by atoms with van der Waals surface area (Å²) < 4.78 is 0. The maximum Gasteiger partial charge on any atom is 0.0907 e. The molecule has 2 aromatic rings. The van der Waals surface area contributed by atoms with Gasteiger partial charge in [0.05, 0.1) is 11.4 Å².